The molecule has 4 heterocycles. The Balaban J connectivity index is 0.000000325. The van der Waals surface area contributed by atoms with E-state index in [0.29, 0.717) is 36.3 Å². The molecule has 2 aromatic heterocycles. The van der Waals surface area contributed by atoms with Crippen molar-refractivity contribution in [3.05, 3.63) is 75.9 Å². The number of aliphatic imine (C=N–C) groups is 1. The monoisotopic (exact) mass is 518 g/mol. The number of fused-ring (bicyclic) bond motifs is 1. The molecular formula is C24H25F3N6O2S. The van der Waals surface area contributed by atoms with Gasteiger partial charge in [0.1, 0.15) is 5.82 Å². The number of alkyl halides is 2. The van der Waals surface area contributed by atoms with Crippen LogP contribution in [0.25, 0.3) is 5.57 Å². The summed E-state index contributed by atoms with van der Waals surface area (Å²) in [4.78, 5) is 22.5. The third kappa shape index (κ3) is 5.93. The zero-order chi connectivity index (χ0) is 25.7. The number of thiazole rings is 1. The molecule has 0 saturated carbocycles. The van der Waals surface area contributed by atoms with E-state index in [0.717, 1.165) is 27.7 Å². The van der Waals surface area contributed by atoms with Gasteiger partial charge in [0.05, 0.1) is 19.9 Å². The Bertz CT molecular complexity index is 1240. The second-order valence-corrected chi connectivity index (χ2v) is 9.14. The maximum atomic E-state index is 12.9. The highest BCUT2D eigenvalue weighted by molar-refractivity contribution is 7.11. The quantitative estimate of drug-likeness (QED) is 0.529. The van der Waals surface area contributed by atoms with Gasteiger partial charge in [-0.1, -0.05) is 12.1 Å². The normalized spacial score (nSPS) is 16.9. The highest BCUT2D eigenvalue weighted by atomic mass is 32.1. The van der Waals surface area contributed by atoms with Crippen LogP contribution in [-0.4, -0.2) is 58.3 Å². The molecule has 0 bridgehead atoms. The van der Waals surface area contributed by atoms with Crippen molar-refractivity contribution < 1.29 is 22.7 Å². The number of ether oxygens (including phenoxy) is 1. The van der Waals surface area contributed by atoms with E-state index in [2.05, 4.69) is 30.0 Å². The molecule has 3 aromatic rings. The summed E-state index contributed by atoms with van der Waals surface area (Å²) in [6, 6.07) is 6.50. The number of nitrogens with zero attached hydrogens (tertiary/aromatic N) is 5. The van der Waals surface area contributed by atoms with Gasteiger partial charge in [0, 0.05) is 47.7 Å². The maximum Gasteiger partial charge on any atom is 0.406 e. The zero-order valence-electron chi connectivity index (χ0n) is 19.7. The molecule has 5 rings (SSSR count). The predicted molar refractivity (Wildman–Crippen MR) is 130 cm³/mol. The molecule has 1 aromatic carbocycles. The van der Waals surface area contributed by atoms with E-state index in [1.165, 1.54) is 43.0 Å². The van der Waals surface area contributed by atoms with Crippen LogP contribution in [-0.2, 0) is 4.74 Å². The third-order valence-electron chi connectivity index (χ3n) is 5.71. The van der Waals surface area contributed by atoms with Crippen LogP contribution in [0.3, 0.4) is 0 Å². The topological polar surface area (TPSA) is 84.6 Å². The van der Waals surface area contributed by atoms with Crippen LogP contribution < -0.4 is 5.32 Å². The minimum Gasteiger partial charge on any atom is -0.453 e. The number of aromatic nitrogens is 3. The number of rotatable bonds is 5. The lowest BCUT2D eigenvalue weighted by atomic mass is 10.0. The number of aryl methyl sites for hydroxylation is 1. The van der Waals surface area contributed by atoms with Crippen LogP contribution >= 0.6 is 11.3 Å². The smallest absolute Gasteiger partial charge is 0.406 e. The van der Waals surface area contributed by atoms with Crippen LogP contribution in [0.1, 0.15) is 29.1 Å². The van der Waals surface area contributed by atoms with E-state index in [1.807, 2.05) is 18.4 Å². The summed E-state index contributed by atoms with van der Waals surface area (Å²) in [5.41, 5.74) is 3.47. The van der Waals surface area contributed by atoms with Crippen molar-refractivity contribution >= 4 is 28.8 Å². The molecular weight excluding hydrogens is 493 g/mol. The molecule has 190 valence electrons. The highest BCUT2D eigenvalue weighted by Gasteiger charge is 2.36. The number of carbonyl (C=O) groups excluding carboxylic acids is 1. The number of halogens is 3. The van der Waals surface area contributed by atoms with E-state index < -0.39 is 12.6 Å². The van der Waals surface area contributed by atoms with Crippen molar-refractivity contribution in [2.24, 2.45) is 10.9 Å². The number of amides is 1. The molecule has 8 nitrogen and oxygen atoms in total. The fourth-order valence-electron chi connectivity index (χ4n) is 4.07. The van der Waals surface area contributed by atoms with Crippen LogP contribution in [0.4, 0.5) is 18.0 Å². The number of nitrogens with one attached hydrogen (secondary N) is 1. The first-order valence-electron chi connectivity index (χ1n) is 11.2. The van der Waals surface area contributed by atoms with Crippen molar-refractivity contribution in [3.63, 3.8) is 0 Å². The predicted octanol–water partition coefficient (Wildman–Crippen LogP) is 4.72. The Hall–Kier alpha value is -3.67. The lowest BCUT2D eigenvalue weighted by Crippen LogP contribution is -2.34. The fraction of sp³-hybridized carbons (Fsp3) is 0.333. The minimum atomic E-state index is -2.69. The van der Waals surface area contributed by atoms with Gasteiger partial charge in [-0.15, -0.1) is 11.3 Å². The van der Waals surface area contributed by atoms with Gasteiger partial charge in [-0.05, 0) is 37.0 Å². The second kappa shape index (κ2) is 11.4. The number of amidine groups is 1. The average Bonchev–Trinajstić information content (AvgIpc) is 3.63. The van der Waals surface area contributed by atoms with Crippen LogP contribution in [0, 0.1) is 18.7 Å². The van der Waals surface area contributed by atoms with E-state index in [-0.39, 0.29) is 11.7 Å². The highest BCUT2D eigenvalue weighted by Crippen LogP contribution is 2.37. The summed E-state index contributed by atoms with van der Waals surface area (Å²) in [5.74, 6) is 0.748. The minimum absolute atomic E-state index is 0.137. The van der Waals surface area contributed by atoms with E-state index in [4.69, 9.17) is 0 Å². The molecule has 1 fully saturated rings. The molecule has 1 amide bonds. The molecule has 1 atom stereocenters. The Kier molecular flexibility index (Phi) is 8.04. The van der Waals surface area contributed by atoms with Gasteiger partial charge < -0.3 is 15.0 Å². The van der Waals surface area contributed by atoms with E-state index >= 15 is 0 Å². The molecule has 0 aliphatic carbocycles. The molecule has 2 aliphatic rings. The van der Waals surface area contributed by atoms with Crippen LogP contribution in [0.5, 0.6) is 0 Å². The first-order chi connectivity index (χ1) is 17.4. The molecule has 12 heteroatoms. The third-order valence-corrected chi connectivity index (χ3v) is 6.48. The standard InChI is InChI=1S/C17H18F2N6O2S.C7H7F/c1-27-17(26)22-5-10-4-13-12(11-6-23-25(9-11)16(18)19)7-21-14(24(13)8-10)15-20-2-3-28-15;1-6-3-2-4-7(8)5-6/h2-3,6,9-10,16H,4-5,7-8H2,1H3,(H,22,26);2-5H,1H3. The number of hydrogen-bond acceptors (Lipinski definition) is 7. The number of methoxy groups -OCH3 is 1. The largest absolute Gasteiger partial charge is 0.453 e. The second-order valence-electron chi connectivity index (χ2n) is 8.24. The summed E-state index contributed by atoms with van der Waals surface area (Å²) in [7, 11) is 1.32. The summed E-state index contributed by atoms with van der Waals surface area (Å²) in [6.45, 7) is 0.635. The average molecular weight is 519 g/mol. The summed E-state index contributed by atoms with van der Waals surface area (Å²) in [6.07, 6.45) is 4.71. The molecule has 0 spiro atoms. The van der Waals surface area contributed by atoms with Gasteiger partial charge >= 0.3 is 12.6 Å². The van der Waals surface area contributed by atoms with Crippen LogP contribution in [0.15, 0.2) is 58.9 Å². The van der Waals surface area contributed by atoms with Crippen LogP contribution in [0.2, 0.25) is 0 Å². The Morgan fingerprint density at radius 1 is 1.36 bits per heavy atom. The first kappa shape index (κ1) is 25.4. The lowest BCUT2D eigenvalue weighted by Gasteiger charge is -2.27. The number of benzene rings is 1. The van der Waals surface area contributed by atoms with Crippen molar-refractivity contribution in [3.8, 4) is 0 Å². The summed E-state index contributed by atoms with van der Waals surface area (Å²) >= 11 is 1.50. The van der Waals surface area contributed by atoms with Gasteiger partial charge in [0.2, 0.25) is 0 Å². The SMILES string of the molecule is COC(=O)NCC1CC2=C(c3cnn(C(F)F)c3)CN=C(c3nccs3)N2C1.Cc1cccc(F)c1. The molecule has 1 unspecified atom stereocenters. The molecule has 0 radical (unpaired) electrons. The molecule has 36 heavy (non-hydrogen) atoms. The first-order valence-corrected chi connectivity index (χ1v) is 12.0. The van der Waals surface area contributed by atoms with Gasteiger partial charge in [-0.25, -0.2) is 18.9 Å². The summed E-state index contributed by atoms with van der Waals surface area (Å²) in [5, 5.41) is 9.17. The number of allylic oxidation sites excluding steroid dienone is 1. The van der Waals surface area contributed by atoms with Gasteiger partial charge in [-0.2, -0.15) is 13.9 Å². The Morgan fingerprint density at radius 2 is 2.19 bits per heavy atom. The van der Waals surface area contributed by atoms with Crippen molar-refractivity contribution in [2.45, 2.75) is 19.9 Å². The Labute approximate surface area is 210 Å². The zero-order valence-corrected chi connectivity index (χ0v) is 20.5. The van der Waals surface area contributed by atoms with E-state index in [9.17, 15) is 18.0 Å². The fourth-order valence-corrected chi connectivity index (χ4v) is 4.72. The van der Waals surface area contributed by atoms with Crippen molar-refractivity contribution in [2.75, 3.05) is 26.7 Å². The summed E-state index contributed by atoms with van der Waals surface area (Å²) < 4.78 is 43.3. The lowest BCUT2D eigenvalue weighted by molar-refractivity contribution is 0.0566. The van der Waals surface area contributed by atoms with Gasteiger partial charge in [0.25, 0.3) is 0 Å². The molecule has 1 N–H and O–H groups in total. The van der Waals surface area contributed by atoms with Crippen molar-refractivity contribution in [1.29, 1.82) is 0 Å². The van der Waals surface area contributed by atoms with Crippen molar-refractivity contribution in [1.82, 2.24) is 25.0 Å². The number of carbonyl (C=O) groups is 1. The molecule has 2 aliphatic heterocycles. The van der Waals surface area contributed by atoms with Gasteiger partial charge in [-0.3, -0.25) is 4.99 Å². The van der Waals surface area contributed by atoms with E-state index in [1.54, 1.807) is 12.3 Å². The molecule has 1 saturated heterocycles. The number of hydrogen-bond donors (Lipinski definition) is 1. The van der Waals surface area contributed by atoms with Gasteiger partial charge in [0.15, 0.2) is 10.8 Å². The Morgan fingerprint density at radius 3 is 2.81 bits per heavy atom. The number of alkyl carbamates (subject to hydrolysis) is 1. The maximum absolute atomic E-state index is 12.9.